The molecule has 2 aromatic carbocycles. The number of oxazole rings is 1. The van der Waals surface area contributed by atoms with Crippen molar-refractivity contribution < 1.29 is 17.6 Å². The Labute approximate surface area is 198 Å². The molecule has 0 radical (unpaired) electrons. The Morgan fingerprint density at radius 3 is 2.62 bits per heavy atom. The summed E-state index contributed by atoms with van der Waals surface area (Å²) < 4.78 is 39.4. The molecule has 0 unspecified atom stereocenters. The third-order valence-electron chi connectivity index (χ3n) is 5.63. The average molecular weight is 477 g/mol. The first-order chi connectivity index (χ1) is 16.5. The standard InChI is InChI=1S/C25H24N4O4S/c1-32-23-10-9-21(34(30,31)28-14-17-7-8-17)13-22(23)29-25-27-16-24(33-25)19-5-2-4-18(12-19)20-6-3-11-26-15-20/h2-6,9-13,15-17,28H,7-8,14H2,1H3,(H,27,29). The molecule has 1 fully saturated rings. The van der Waals surface area contributed by atoms with Crippen LogP contribution in [-0.4, -0.2) is 32.0 Å². The van der Waals surface area contributed by atoms with Crippen molar-refractivity contribution in [2.24, 2.45) is 5.92 Å². The zero-order valence-electron chi connectivity index (χ0n) is 18.6. The van der Waals surface area contributed by atoms with Crippen molar-refractivity contribution in [2.45, 2.75) is 17.7 Å². The number of hydrogen-bond donors (Lipinski definition) is 2. The summed E-state index contributed by atoms with van der Waals surface area (Å²) in [6.07, 6.45) is 7.29. The second-order valence-electron chi connectivity index (χ2n) is 8.13. The van der Waals surface area contributed by atoms with Gasteiger partial charge in [0.05, 0.1) is 23.9 Å². The summed E-state index contributed by atoms with van der Waals surface area (Å²) in [6.45, 7) is 0.457. The van der Waals surface area contributed by atoms with Crippen LogP contribution >= 0.6 is 0 Å². The lowest BCUT2D eigenvalue weighted by Crippen LogP contribution is -2.25. The van der Waals surface area contributed by atoms with E-state index < -0.39 is 10.0 Å². The maximum absolute atomic E-state index is 12.7. The van der Waals surface area contributed by atoms with Gasteiger partial charge in [-0.1, -0.05) is 24.3 Å². The largest absolute Gasteiger partial charge is 0.495 e. The fourth-order valence-corrected chi connectivity index (χ4v) is 4.69. The molecule has 0 spiro atoms. The fourth-order valence-electron chi connectivity index (χ4n) is 3.55. The number of benzene rings is 2. The Morgan fingerprint density at radius 1 is 1.03 bits per heavy atom. The van der Waals surface area contributed by atoms with Crippen molar-refractivity contribution in [3.05, 3.63) is 73.2 Å². The SMILES string of the molecule is COc1ccc(S(=O)(=O)NCC2CC2)cc1Nc1ncc(-c2cccc(-c3cccnc3)c2)o1. The number of nitrogens with one attached hydrogen (secondary N) is 2. The summed E-state index contributed by atoms with van der Waals surface area (Å²) in [4.78, 5) is 8.63. The maximum atomic E-state index is 12.7. The van der Waals surface area contributed by atoms with Crippen molar-refractivity contribution in [3.63, 3.8) is 0 Å². The molecule has 9 heteroatoms. The van der Waals surface area contributed by atoms with Crippen LogP contribution in [0.2, 0.25) is 0 Å². The van der Waals surface area contributed by atoms with Crippen LogP contribution in [0, 0.1) is 5.92 Å². The second kappa shape index (κ2) is 9.28. The highest BCUT2D eigenvalue weighted by molar-refractivity contribution is 7.89. The summed E-state index contributed by atoms with van der Waals surface area (Å²) in [5.41, 5.74) is 3.30. The summed E-state index contributed by atoms with van der Waals surface area (Å²) in [5, 5.41) is 3.04. The molecule has 0 aliphatic heterocycles. The van der Waals surface area contributed by atoms with Crippen molar-refractivity contribution in [1.82, 2.24) is 14.7 Å². The van der Waals surface area contributed by atoms with Gasteiger partial charge in [0.15, 0.2) is 5.76 Å². The van der Waals surface area contributed by atoms with Crippen LogP contribution in [0.5, 0.6) is 5.75 Å². The number of ether oxygens (including phenoxy) is 1. The molecule has 1 aliphatic rings. The zero-order chi connectivity index (χ0) is 23.5. The van der Waals surface area contributed by atoms with Crippen molar-refractivity contribution in [3.8, 4) is 28.2 Å². The molecule has 174 valence electrons. The molecule has 1 aliphatic carbocycles. The van der Waals surface area contributed by atoms with Gasteiger partial charge in [-0.15, -0.1) is 0 Å². The molecule has 4 aromatic rings. The summed E-state index contributed by atoms with van der Waals surface area (Å²) in [5.74, 6) is 1.48. The quantitative estimate of drug-likeness (QED) is 0.356. The fraction of sp³-hybridized carbons (Fsp3) is 0.200. The monoisotopic (exact) mass is 476 g/mol. The van der Waals surface area contributed by atoms with Crippen LogP contribution in [0.15, 0.2) is 82.5 Å². The smallest absolute Gasteiger partial charge is 0.299 e. The minimum Gasteiger partial charge on any atom is -0.495 e. The third-order valence-corrected chi connectivity index (χ3v) is 7.05. The predicted molar refractivity (Wildman–Crippen MR) is 129 cm³/mol. The van der Waals surface area contributed by atoms with Crippen LogP contribution in [0.1, 0.15) is 12.8 Å². The molecule has 0 saturated heterocycles. The van der Waals surface area contributed by atoms with Crippen LogP contribution in [0.4, 0.5) is 11.7 Å². The lowest BCUT2D eigenvalue weighted by Gasteiger charge is -2.12. The molecule has 0 amide bonds. The van der Waals surface area contributed by atoms with E-state index in [0.29, 0.717) is 29.7 Å². The lowest BCUT2D eigenvalue weighted by atomic mass is 10.0. The molecule has 2 aromatic heterocycles. The van der Waals surface area contributed by atoms with Gasteiger partial charge in [0.1, 0.15) is 5.75 Å². The first-order valence-electron chi connectivity index (χ1n) is 10.9. The van der Waals surface area contributed by atoms with Gasteiger partial charge in [0.2, 0.25) is 10.0 Å². The molecule has 5 rings (SSSR count). The highest BCUT2D eigenvalue weighted by Crippen LogP contribution is 2.33. The van der Waals surface area contributed by atoms with E-state index in [0.717, 1.165) is 29.5 Å². The van der Waals surface area contributed by atoms with Crippen LogP contribution in [-0.2, 0) is 10.0 Å². The van der Waals surface area contributed by atoms with Gasteiger partial charge < -0.3 is 14.5 Å². The molecule has 0 atom stereocenters. The van der Waals surface area contributed by atoms with E-state index in [1.54, 1.807) is 24.7 Å². The highest BCUT2D eigenvalue weighted by atomic mass is 32.2. The van der Waals surface area contributed by atoms with Gasteiger partial charge >= 0.3 is 0 Å². The molecule has 2 heterocycles. The van der Waals surface area contributed by atoms with Crippen molar-refractivity contribution in [1.29, 1.82) is 0 Å². The van der Waals surface area contributed by atoms with Crippen molar-refractivity contribution in [2.75, 3.05) is 19.0 Å². The summed E-state index contributed by atoms with van der Waals surface area (Å²) in [6, 6.07) is 16.6. The number of aromatic nitrogens is 2. The van der Waals surface area contributed by atoms with Gasteiger partial charge in [0.25, 0.3) is 6.01 Å². The lowest BCUT2D eigenvalue weighted by molar-refractivity contribution is 0.416. The molecule has 2 N–H and O–H groups in total. The predicted octanol–water partition coefficient (Wildman–Crippen LogP) is 4.84. The average Bonchev–Trinajstić information content (AvgIpc) is 3.60. The Bertz CT molecular complexity index is 1400. The first kappa shape index (κ1) is 22.1. The van der Waals surface area contributed by atoms with Gasteiger partial charge in [-0.05, 0) is 54.7 Å². The Kier molecular flexibility index (Phi) is 6.04. The van der Waals surface area contributed by atoms with E-state index >= 15 is 0 Å². The molecular weight excluding hydrogens is 452 g/mol. The van der Waals surface area contributed by atoms with Gasteiger partial charge in [-0.2, -0.15) is 0 Å². The van der Waals surface area contributed by atoms with Crippen LogP contribution in [0.25, 0.3) is 22.5 Å². The van der Waals surface area contributed by atoms with E-state index in [1.807, 2.05) is 36.4 Å². The number of anilines is 2. The van der Waals surface area contributed by atoms with Crippen LogP contribution in [0.3, 0.4) is 0 Å². The van der Waals surface area contributed by atoms with Gasteiger partial charge in [0, 0.05) is 30.1 Å². The van der Waals surface area contributed by atoms with Gasteiger partial charge in [-0.25, -0.2) is 18.1 Å². The number of hydrogen-bond acceptors (Lipinski definition) is 7. The van der Waals surface area contributed by atoms with E-state index in [-0.39, 0.29) is 10.9 Å². The highest BCUT2D eigenvalue weighted by Gasteiger charge is 2.25. The molecule has 8 nitrogen and oxygen atoms in total. The molecular formula is C25H24N4O4S. The molecule has 34 heavy (non-hydrogen) atoms. The van der Waals surface area contributed by atoms with E-state index in [4.69, 9.17) is 9.15 Å². The molecule has 1 saturated carbocycles. The number of rotatable bonds is 9. The molecule has 0 bridgehead atoms. The minimum atomic E-state index is -3.63. The first-order valence-corrected chi connectivity index (χ1v) is 12.4. The summed E-state index contributed by atoms with van der Waals surface area (Å²) in [7, 11) is -2.11. The Balaban J connectivity index is 1.38. The van der Waals surface area contributed by atoms with Gasteiger partial charge in [-0.3, -0.25) is 4.98 Å². The number of pyridine rings is 1. The Hall–Kier alpha value is -3.69. The zero-order valence-corrected chi connectivity index (χ0v) is 19.4. The third kappa shape index (κ3) is 4.95. The minimum absolute atomic E-state index is 0.146. The van der Waals surface area contributed by atoms with Crippen molar-refractivity contribution >= 4 is 21.7 Å². The van der Waals surface area contributed by atoms with E-state index in [2.05, 4.69) is 20.0 Å². The Morgan fingerprint density at radius 2 is 1.85 bits per heavy atom. The number of methoxy groups -OCH3 is 1. The number of nitrogens with zero attached hydrogens (tertiary/aromatic N) is 2. The van der Waals surface area contributed by atoms with Crippen LogP contribution < -0.4 is 14.8 Å². The number of sulfonamides is 1. The topological polar surface area (TPSA) is 106 Å². The maximum Gasteiger partial charge on any atom is 0.299 e. The summed E-state index contributed by atoms with van der Waals surface area (Å²) >= 11 is 0. The second-order valence-corrected chi connectivity index (χ2v) is 9.90. The normalized spacial score (nSPS) is 13.6. The van der Waals surface area contributed by atoms with E-state index in [9.17, 15) is 8.42 Å². The van der Waals surface area contributed by atoms with E-state index in [1.165, 1.54) is 19.2 Å².